The molecule has 0 saturated heterocycles. The zero-order chi connectivity index (χ0) is 13.5. The van der Waals surface area contributed by atoms with Crippen LogP contribution in [0.3, 0.4) is 0 Å². The number of rotatable bonds is 5. The molecule has 0 aromatic carbocycles. The molecule has 0 aliphatic heterocycles. The number of nitrogen functional groups attached to an aromatic ring is 1. The van der Waals surface area contributed by atoms with E-state index < -0.39 is 4.92 Å². The van der Waals surface area contributed by atoms with E-state index in [9.17, 15) is 14.9 Å². The SMILES string of the molecule is CC(=O)SCCC=Cc1cc([N+](=O)[O-])cnc1N. The minimum Gasteiger partial charge on any atom is -0.383 e. The number of carbonyl (C=O) groups is 1. The Kier molecular flexibility index (Phi) is 5.31. The maximum atomic E-state index is 10.7. The molecule has 7 heteroatoms. The van der Waals surface area contributed by atoms with Crippen LogP contribution in [0, 0.1) is 10.1 Å². The summed E-state index contributed by atoms with van der Waals surface area (Å²) >= 11 is 1.23. The Morgan fingerprint density at radius 1 is 1.67 bits per heavy atom. The molecule has 0 aliphatic carbocycles. The fraction of sp³-hybridized carbons (Fsp3) is 0.273. The van der Waals surface area contributed by atoms with Crippen LogP contribution in [-0.4, -0.2) is 20.8 Å². The smallest absolute Gasteiger partial charge is 0.288 e. The number of aromatic nitrogens is 1. The average molecular weight is 267 g/mol. The minimum absolute atomic E-state index is 0.0694. The van der Waals surface area contributed by atoms with Gasteiger partial charge < -0.3 is 5.73 Å². The van der Waals surface area contributed by atoms with Gasteiger partial charge in [0, 0.05) is 24.3 Å². The van der Waals surface area contributed by atoms with Gasteiger partial charge in [-0.1, -0.05) is 23.9 Å². The molecule has 1 rings (SSSR count). The molecule has 1 aromatic heterocycles. The molecular formula is C11H13N3O3S. The van der Waals surface area contributed by atoms with E-state index in [4.69, 9.17) is 5.73 Å². The molecule has 0 amide bonds. The summed E-state index contributed by atoms with van der Waals surface area (Å²) in [6.45, 7) is 1.51. The molecule has 0 aliphatic rings. The molecule has 0 fully saturated rings. The van der Waals surface area contributed by atoms with Crippen molar-refractivity contribution >= 4 is 34.5 Å². The topological polar surface area (TPSA) is 99.1 Å². The van der Waals surface area contributed by atoms with Gasteiger partial charge in [0.1, 0.15) is 12.0 Å². The predicted octanol–water partition coefficient (Wildman–Crippen LogP) is 2.26. The van der Waals surface area contributed by atoms with Crippen molar-refractivity contribution in [1.82, 2.24) is 4.98 Å². The van der Waals surface area contributed by atoms with Gasteiger partial charge in [0.25, 0.3) is 5.69 Å². The Morgan fingerprint density at radius 3 is 3.00 bits per heavy atom. The van der Waals surface area contributed by atoms with Gasteiger partial charge >= 0.3 is 0 Å². The normalized spacial score (nSPS) is 10.7. The first-order chi connectivity index (χ1) is 8.50. The van der Waals surface area contributed by atoms with Crippen LogP contribution in [0.15, 0.2) is 18.3 Å². The van der Waals surface area contributed by atoms with Crippen molar-refractivity contribution in [2.75, 3.05) is 11.5 Å². The zero-order valence-electron chi connectivity index (χ0n) is 9.83. The van der Waals surface area contributed by atoms with Crippen molar-refractivity contribution in [2.45, 2.75) is 13.3 Å². The Bertz CT molecular complexity index is 488. The quantitative estimate of drug-likeness (QED) is 0.499. The number of allylic oxidation sites excluding steroid dienone is 1. The Hall–Kier alpha value is -1.89. The second kappa shape index (κ2) is 6.75. The molecule has 1 heterocycles. The van der Waals surface area contributed by atoms with E-state index in [1.807, 2.05) is 6.08 Å². The number of pyridine rings is 1. The third kappa shape index (κ3) is 4.54. The van der Waals surface area contributed by atoms with Crippen molar-refractivity contribution < 1.29 is 9.72 Å². The third-order valence-electron chi connectivity index (χ3n) is 2.03. The molecule has 18 heavy (non-hydrogen) atoms. The molecule has 0 radical (unpaired) electrons. The first-order valence-electron chi connectivity index (χ1n) is 5.20. The molecule has 96 valence electrons. The van der Waals surface area contributed by atoms with Crippen molar-refractivity contribution in [3.8, 4) is 0 Å². The second-order valence-corrected chi connectivity index (χ2v) is 4.73. The van der Waals surface area contributed by atoms with Crippen molar-refractivity contribution in [3.05, 3.63) is 34.0 Å². The number of nitro groups is 1. The van der Waals surface area contributed by atoms with Crippen molar-refractivity contribution in [2.24, 2.45) is 0 Å². The fourth-order valence-corrected chi connectivity index (χ4v) is 1.74. The maximum absolute atomic E-state index is 10.7. The predicted molar refractivity (Wildman–Crippen MR) is 72.1 cm³/mol. The molecule has 0 atom stereocenters. The summed E-state index contributed by atoms with van der Waals surface area (Å²) in [5, 5.41) is 10.6. The second-order valence-electron chi connectivity index (χ2n) is 3.46. The highest BCUT2D eigenvalue weighted by atomic mass is 32.2. The highest BCUT2D eigenvalue weighted by Crippen LogP contribution is 2.18. The molecule has 1 aromatic rings. The minimum atomic E-state index is -0.518. The highest BCUT2D eigenvalue weighted by molar-refractivity contribution is 8.13. The van der Waals surface area contributed by atoms with Gasteiger partial charge in [-0.3, -0.25) is 14.9 Å². The molecule has 0 spiro atoms. The lowest BCUT2D eigenvalue weighted by Gasteiger charge is -1.99. The standard InChI is InChI=1S/C11H13N3O3S/c1-8(15)18-5-3-2-4-9-6-10(14(16)17)7-13-11(9)12/h2,4,6-7H,3,5H2,1H3,(H2,12,13). The summed E-state index contributed by atoms with van der Waals surface area (Å²) < 4.78 is 0. The maximum Gasteiger partial charge on any atom is 0.288 e. The lowest BCUT2D eigenvalue weighted by molar-refractivity contribution is -0.385. The fourth-order valence-electron chi connectivity index (χ4n) is 1.20. The van der Waals surface area contributed by atoms with Crippen LogP contribution in [0.5, 0.6) is 0 Å². The summed E-state index contributed by atoms with van der Waals surface area (Å²) in [5.41, 5.74) is 6.02. The Morgan fingerprint density at radius 2 is 2.39 bits per heavy atom. The van der Waals surface area contributed by atoms with E-state index in [2.05, 4.69) is 4.98 Å². The summed E-state index contributed by atoms with van der Waals surface area (Å²) in [6, 6.07) is 1.37. The van der Waals surface area contributed by atoms with Gasteiger partial charge in [-0.15, -0.1) is 0 Å². The summed E-state index contributed by atoms with van der Waals surface area (Å²) in [7, 11) is 0. The monoisotopic (exact) mass is 267 g/mol. The van der Waals surface area contributed by atoms with E-state index in [0.717, 1.165) is 6.20 Å². The summed E-state index contributed by atoms with van der Waals surface area (Å²) in [4.78, 5) is 24.5. The molecular weight excluding hydrogens is 254 g/mol. The summed E-state index contributed by atoms with van der Waals surface area (Å²) in [5.74, 6) is 0.921. The zero-order valence-corrected chi connectivity index (χ0v) is 10.6. The van der Waals surface area contributed by atoms with Gasteiger partial charge in [0.2, 0.25) is 0 Å². The van der Waals surface area contributed by atoms with Crippen LogP contribution in [0.4, 0.5) is 11.5 Å². The molecule has 0 saturated carbocycles. The molecule has 6 nitrogen and oxygen atoms in total. The van der Waals surface area contributed by atoms with Gasteiger partial charge in [0.15, 0.2) is 5.12 Å². The molecule has 0 bridgehead atoms. The first kappa shape index (κ1) is 14.2. The van der Waals surface area contributed by atoms with Crippen LogP contribution in [0.25, 0.3) is 6.08 Å². The number of hydrogen-bond donors (Lipinski definition) is 1. The van der Waals surface area contributed by atoms with Gasteiger partial charge in [0.05, 0.1) is 4.92 Å². The van der Waals surface area contributed by atoms with Gasteiger partial charge in [-0.05, 0) is 6.42 Å². The number of anilines is 1. The average Bonchev–Trinajstić information content (AvgIpc) is 2.30. The van der Waals surface area contributed by atoms with Crippen molar-refractivity contribution in [1.29, 1.82) is 0 Å². The Balaban J connectivity index is 2.65. The van der Waals surface area contributed by atoms with Crippen LogP contribution in [0.1, 0.15) is 18.9 Å². The van der Waals surface area contributed by atoms with Gasteiger partial charge in [-0.25, -0.2) is 4.98 Å². The lowest BCUT2D eigenvalue weighted by Crippen LogP contribution is -1.96. The number of nitrogens with zero attached hydrogens (tertiary/aromatic N) is 2. The third-order valence-corrected chi connectivity index (χ3v) is 2.88. The van der Waals surface area contributed by atoms with Gasteiger partial charge in [-0.2, -0.15) is 0 Å². The Labute approximate surface area is 108 Å². The molecule has 2 N–H and O–H groups in total. The van der Waals surface area contributed by atoms with E-state index in [1.54, 1.807) is 6.08 Å². The van der Waals surface area contributed by atoms with E-state index >= 15 is 0 Å². The highest BCUT2D eigenvalue weighted by Gasteiger charge is 2.08. The van der Waals surface area contributed by atoms with Crippen LogP contribution in [-0.2, 0) is 4.79 Å². The van der Waals surface area contributed by atoms with E-state index in [-0.39, 0.29) is 16.6 Å². The number of thioether (sulfide) groups is 1. The molecule has 0 unspecified atom stereocenters. The van der Waals surface area contributed by atoms with Crippen LogP contribution >= 0.6 is 11.8 Å². The lowest BCUT2D eigenvalue weighted by atomic mass is 10.2. The first-order valence-corrected chi connectivity index (χ1v) is 6.19. The number of hydrogen-bond acceptors (Lipinski definition) is 6. The number of carbonyl (C=O) groups excluding carboxylic acids is 1. The van der Waals surface area contributed by atoms with Crippen LogP contribution in [0.2, 0.25) is 0 Å². The largest absolute Gasteiger partial charge is 0.383 e. The van der Waals surface area contributed by atoms with E-state index in [1.165, 1.54) is 24.8 Å². The van der Waals surface area contributed by atoms with E-state index in [0.29, 0.717) is 17.7 Å². The van der Waals surface area contributed by atoms with Crippen LogP contribution < -0.4 is 5.73 Å². The van der Waals surface area contributed by atoms with Crippen molar-refractivity contribution in [3.63, 3.8) is 0 Å². The summed E-state index contributed by atoms with van der Waals surface area (Å²) in [6.07, 6.45) is 5.30. The number of nitrogens with two attached hydrogens (primary N) is 1.